The van der Waals surface area contributed by atoms with Crippen molar-refractivity contribution in [2.45, 2.75) is 32.7 Å². The zero-order valence-electron chi connectivity index (χ0n) is 11.3. The van der Waals surface area contributed by atoms with E-state index in [9.17, 15) is 19.1 Å². The van der Waals surface area contributed by atoms with Gasteiger partial charge in [0.05, 0.1) is 0 Å². The van der Waals surface area contributed by atoms with Gasteiger partial charge in [0.2, 0.25) is 5.91 Å². The van der Waals surface area contributed by atoms with Crippen LogP contribution in [-0.4, -0.2) is 28.4 Å². The van der Waals surface area contributed by atoms with Gasteiger partial charge < -0.3 is 10.0 Å². The van der Waals surface area contributed by atoms with Gasteiger partial charge in [-0.3, -0.25) is 4.79 Å². The summed E-state index contributed by atoms with van der Waals surface area (Å²) in [4.78, 5) is 24.5. The summed E-state index contributed by atoms with van der Waals surface area (Å²) in [6.07, 6.45) is 0.594. The number of carboxylic acids is 1. The molecule has 1 N–H and O–H groups in total. The predicted octanol–water partition coefficient (Wildman–Crippen LogP) is 2.38. The van der Waals surface area contributed by atoms with Gasteiger partial charge in [-0.15, -0.1) is 0 Å². The third-order valence-corrected chi connectivity index (χ3v) is 3.18. The first kappa shape index (κ1) is 15.1. The first-order valence-electron chi connectivity index (χ1n) is 6.12. The summed E-state index contributed by atoms with van der Waals surface area (Å²) >= 11 is 0. The second kappa shape index (κ2) is 5.82. The van der Waals surface area contributed by atoms with E-state index in [0.717, 1.165) is 0 Å². The Kier molecular flexibility index (Phi) is 4.64. The van der Waals surface area contributed by atoms with Crippen molar-refractivity contribution in [2.24, 2.45) is 0 Å². The minimum atomic E-state index is -1.70. The Hall–Kier alpha value is -1.91. The van der Waals surface area contributed by atoms with Gasteiger partial charge in [-0.05, 0) is 19.4 Å². The average molecular weight is 267 g/mol. The smallest absolute Gasteiger partial charge is 0.334 e. The summed E-state index contributed by atoms with van der Waals surface area (Å²) in [6, 6.07) is 5.64. The highest BCUT2D eigenvalue weighted by molar-refractivity contribution is 5.87. The number of rotatable bonds is 5. The molecule has 4 nitrogen and oxygen atoms in total. The molecular weight excluding hydrogens is 249 g/mol. The van der Waals surface area contributed by atoms with Crippen molar-refractivity contribution in [3.63, 3.8) is 0 Å². The molecule has 0 aliphatic heterocycles. The molecule has 0 aliphatic carbocycles. The molecule has 1 aromatic rings. The molecule has 1 aromatic carbocycles. The molecule has 0 aliphatic rings. The van der Waals surface area contributed by atoms with E-state index in [1.807, 2.05) is 6.92 Å². The fourth-order valence-electron chi connectivity index (χ4n) is 2.15. The zero-order valence-corrected chi connectivity index (χ0v) is 11.3. The van der Waals surface area contributed by atoms with Crippen LogP contribution in [0.2, 0.25) is 0 Å². The van der Waals surface area contributed by atoms with E-state index in [1.165, 1.54) is 36.9 Å². The molecule has 1 atom stereocenters. The summed E-state index contributed by atoms with van der Waals surface area (Å²) in [7, 11) is 0. The largest absolute Gasteiger partial charge is 0.479 e. The Labute approximate surface area is 111 Å². The molecule has 0 heterocycles. The van der Waals surface area contributed by atoms with Crippen molar-refractivity contribution in [1.82, 2.24) is 4.90 Å². The molecule has 0 aromatic heterocycles. The van der Waals surface area contributed by atoms with Crippen molar-refractivity contribution in [2.75, 3.05) is 6.54 Å². The molecule has 19 heavy (non-hydrogen) atoms. The zero-order chi connectivity index (χ0) is 14.6. The maximum absolute atomic E-state index is 13.9. The minimum Gasteiger partial charge on any atom is -0.479 e. The van der Waals surface area contributed by atoms with Crippen LogP contribution in [0.15, 0.2) is 24.3 Å². The number of carbonyl (C=O) groups is 2. The highest BCUT2D eigenvalue weighted by Gasteiger charge is 2.44. The fourth-order valence-corrected chi connectivity index (χ4v) is 2.15. The number of nitrogens with zero attached hydrogens (tertiary/aromatic N) is 1. The lowest BCUT2D eigenvalue weighted by atomic mass is 9.89. The normalized spacial score (nSPS) is 13.7. The SMILES string of the molecule is CCCN(C(C)=O)C(C)(C(=O)O)c1ccccc1F. The van der Waals surface area contributed by atoms with Crippen molar-refractivity contribution < 1.29 is 19.1 Å². The molecule has 0 spiro atoms. The maximum Gasteiger partial charge on any atom is 0.334 e. The summed E-state index contributed by atoms with van der Waals surface area (Å²) in [5.41, 5.74) is -1.71. The summed E-state index contributed by atoms with van der Waals surface area (Å²) < 4.78 is 13.9. The van der Waals surface area contributed by atoms with E-state index in [2.05, 4.69) is 0 Å². The molecule has 5 heteroatoms. The molecular formula is C14H18FNO3. The molecule has 0 saturated carbocycles. The third-order valence-electron chi connectivity index (χ3n) is 3.18. The van der Waals surface area contributed by atoms with Crippen molar-refractivity contribution in [1.29, 1.82) is 0 Å². The van der Waals surface area contributed by atoms with Crippen LogP contribution in [0.4, 0.5) is 4.39 Å². The highest BCUT2D eigenvalue weighted by Crippen LogP contribution is 2.31. The highest BCUT2D eigenvalue weighted by atomic mass is 19.1. The lowest BCUT2D eigenvalue weighted by molar-refractivity contribution is -0.158. The van der Waals surface area contributed by atoms with Crippen molar-refractivity contribution >= 4 is 11.9 Å². The quantitative estimate of drug-likeness (QED) is 0.891. The molecule has 1 unspecified atom stereocenters. The van der Waals surface area contributed by atoms with Gasteiger partial charge >= 0.3 is 5.97 Å². The van der Waals surface area contributed by atoms with Crippen molar-refractivity contribution in [3.8, 4) is 0 Å². The Morgan fingerprint density at radius 3 is 2.37 bits per heavy atom. The number of amides is 1. The molecule has 104 valence electrons. The van der Waals surface area contributed by atoms with Gasteiger partial charge in [0, 0.05) is 19.0 Å². The van der Waals surface area contributed by atoms with Crippen LogP contribution >= 0.6 is 0 Å². The Morgan fingerprint density at radius 1 is 1.37 bits per heavy atom. The second-order valence-corrected chi connectivity index (χ2v) is 4.53. The molecule has 0 radical (unpaired) electrons. The fraction of sp³-hybridized carbons (Fsp3) is 0.429. The number of aliphatic carboxylic acids is 1. The van der Waals surface area contributed by atoms with Crippen LogP contribution in [0.5, 0.6) is 0 Å². The van der Waals surface area contributed by atoms with Gasteiger partial charge in [-0.25, -0.2) is 9.18 Å². The summed E-state index contributed by atoms with van der Waals surface area (Å²) in [5.74, 6) is -2.27. The first-order valence-corrected chi connectivity index (χ1v) is 6.12. The number of hydrogen-bond donors (Lipinski definition) is 1. The van der Waals surface area contributed by atoms with Gasteiger partial charge in [0.1, 0.15) is 5.82 Å². The lowest BCUT2D eigenvalue weighted by Gasteiger charge is -2.37. The Morgan fingerprint density at radius 2 is 1.95 bits per heavy atom. The van der Waals surface area contributed by atoms with Crippen LogP contribution in [0.25, 0.3) is 0 Å². The van der Waals surface area contributed by atoms with Gasteiger partial charge in [0.25, 0.3) is 0 Å². The number of benzene rings is 1. The predicted molar refractivity (Wildman–Crippen MR) is 69.1 cm³/mol. The van der Waals surface area contributed by atoms with E-state index in [0.29, 0.717) is 6.42 Å². The molecule has 1 rings (SSSR count). The van der Waals surface area contributed by atoms with Crippen molar-refractivity contribution in [3.05, 3.63) is 35.6 Å². The third kappa shape index (κ3) is 2.75. The van der Waals surface area contributed by atoms with Crippen LogP contribution < -0.4 is 0 Å². The van der Waals surface area contributed by atoms with E-state index < -0.39 is 23.2 Å². The van der Waals surface area contributed by atoms with Crippen LogP contribution in [0.1, 0.15) is 32.8 Å². The molecule has 0 fully saturated rings. The van der Waals surface area contributed by atoms with Crippen LogP contribution in [0, 0.1) is 5.82 Å². The Balaban J connectivity index is 3.43. The van der Waals surface area contributed by atoms with Gasteiger partial charge in [-0.1, -0.05) is 25.1 Å². The topological polar surface area (TPSA) is 57.6 Å². The lowest BCUT2D eigenvalue weighted by Crippen LogP contribution is -2.52. The second-order valence-electron chi connectivity index (χ2n) is 4.53. The number of carboxylic acid groups (broad SMARTS) is 1. The van der Waals surface area contributed by atoms with Crippen LogP contribution in [-0.2, 0) is 15.1 Å². The summed E-state index contributed by atoms with van der Waals surface area (Å²) in [6.45, 7) is 4.73. The minimum absolute atomic E-state index is 0.00819. The standard InChI is InChI=1S/C14H18FNO3/c1-4-9-16(10(2)17)14(3,13(18)19)11-7-5-6-8-12(11)15/h5-8H,4,9H2,1-3H3,(H,18,19). The van der Waals surface area contributed by atoms with E-state index in [4.69, 9.17) is 0 Å². The monoisotopic (exact) mass is 267 g/mol. The number of carbonyl (C=O) groups excluding carboxylic acids is 1. The van der Waals surface area contributed by atoms with Gasteiger partial charge in [-0.2, -0.15) is 0 Å². The average Bonchev–Trinajstić information content (AvgIpc) is 2.35. The first-order chi connectivity index (χ1) is 8.85. The molecule has 1 amide bonds. The maximum atomic E-state index is 13.9. The van der Waals surface area contributed by atoms with E-state index in [1.54, 1.807) is 6.07 Å². The van der Waals surface area contributed by atoms with Gasteiger partial charge in [0.15, 0.2) is 5.54 Å². The Bertz CT molecular complexity index is 489. The summed E-state index contributed by atoms with van der Waals surface area (Å²) in [5, 5.41) is 9.50. The molecule has 0 bridgehead atoms. The number of halogens is 1. The van der Waals surface area contributed by atoms with E-state index in [-0.39, 0.29) is 12.1 Å². The number of hydrogen-bond acceptors (Lipinski definition) is 2. The van der Waals surface area contributed by atoms with Crippen LogP contribution in [0.3, 0.4) is 0 Å². The molecule has 0 saturated heterocycles. The van der Waals surface area contributed by atoms with E-state index >= 15 is 0 Å².